The van der Waals surface area contributed by atoms with Crippen molar-refractivity contribution in [1.82, 2.24) is 14.7 Å². The number of nitrogens with one attached hydrogen (secondary N) is 1. The van der Waals surface area contributed by atoms with Crippen LogP contribution in [0.4, 0.5) is 0 Å². The molecule has 5 heteroatoms. The summed E-state index contributed by atoms with van der Waals surface area (Å²) in [6.45, 7) is 8.71. The molecule has 0 aromatic carbocycles. The molecular formula is C11H18BrN3S. The molecule has 0 aliphatic carbocycles. The van der Waals surface area contributed by atoms with Gasteiger partial charge in [-0.25, -0.2) is 9.97 Å². The maximum atomic E-state index is 4.37. The van der Waals surface area contributed by atoms with Crippen LogP contribution < -0.4 is 4.72 Å². The Balaban J connectivity index is 2.68. The van der Waals surface area contributed by atoms with E-state index in [1.165, 1.54) is 0 Å². The number of nitrogens with zero attached hydrogens (tertiary/aromatic N) is 2. The highest BCUT2D eigenvalue weighted by molar-refractivity contribution is 9.10. The Hall–Kier alpha value is -0.130. The summed E-state index contributed by atoms with van der Waals surface area (Å²) in [6, 6.07) is 2.22. The van der Waals surface area contributed by atoms with Gasteiger partial charge in [-0.1, -0.05) is 18.9 Å². The Morgan fingerprint density at radius 1 is 1.50 bits per heavy atom. The average molecular weight is 304 g/mol. The molecule has 3 nitrogen and oxygen atoms in total. The lowest BCUT2D eigenvalue weighted by atomic mass is 10.2. The highest BCUT2D eigenvalue weighted by atomic mass is 79.9. The van der Waals surface area contributed by atoms with Gasteiger partial charge in [0.05, 0.1) is 11.7 Å². The number of aromatic nitrogens is 2. The molecule has 0 aliphatic heterocycles. The topological polar surface area (TPSA) is 37.8 Å². The lowest BCUT2D eigenvalue weighted by Gasteiger charge is -2.22. The normalized spacial score (nSPS) is 13.8. The smallest absolute Gasteiger partial charge is 0.196 e. The van der Waals surface area contributed by atoms with Crippen molar-refractivity contribution in [2.24, 2.45) is 0 Å². The van der Waals surface area contributed by atoms with E-state index in [0.29, 0.717) is 4.73 Å². The lowest BCUT2D eigenvalue weighted by Crippen LogP contribution is -2.22. The molecule has 0 saturated heterocycles. The van der Waals surface area contributed by atoms with Crippen LogP contribution in [0.5, 0.6) is 0 Å². The van der Waals surface area contributed by atoms with Crippen molar-refractivity contribution < 1.29 is 0 Å². The number of hydrogen-bond donors (Lipinski definition) is 1. The third kappa shape index (κ3) is 4.80. The summed E-state index contributed by atoms with van der Waals surface area (Å²) in [7, 11) is 0. The van der Waals surface area contributed by atoms with Crippen LogP contribution >= 0.6 is 27.9 Å². The number of halogens is 1. The van der Waals surface area contributed by atoms with Gasteiger partial charge < -0.3 is 0 Å². The van der Waals surface area contributed by atoms with Gasteiger partial charge in [0.25, 0.3) is 0 Å². The first-order valence-electron chi connectivity index (χ1n) is 5.34. The minimum Gasteiger partial charge on any atom is -0.255 e. The molecule has 0 saturated carbocycles. The molecule has 1 atom stereocenters. The molecule has 0 radical (unpaired) electrons. The molecule has 1 rings (SSSR count). The van der Waals surface area contributed by atoms with Crippen LogP contribution in [0.25, 0.3) is 0 Å². The summed E-state index contributed by atoms with van der Waals surface area (Å²) in [5, 5.41) is 0. The van der Waals surface area contributed by atoms with E-state index in [9.17, 15) is 0 Å². The van der Waals surface area contributed by atoms with E-state index < -0.39 is 0 Å². The fraction of sp³-hybridized carbons (Fsp3) is 0.636. The Morgan fingerprint density at radius 3 is 2.69 bits per heavy atom. The van der Waals surface area contributed by atoms with Crippen molar-refractivity contribution in [3.8, 4) is 0 Å². The number of rotatable bonds is 4. The average Bonchev–Trinajstić information content (AvgIpc) is 2.17. The molecule has 0 fully saturated rings. The first-order chi connectivity index (χ1) is 7.42. The fourth-order valence-electron chi connectivity index (χ4n) is 1.14. The molecule has 0 amide bonds. The molecule has 0 spiro atoms. The molecule has 1 aromatic heterocycles. The molecule has 0 aliphatic rings. The molecule has 1 unspecified atom stereocenters. The minimum atomic E-state index is 0.206. The van der Waals surface area contributed by atoms with E-state index in [1.807, 2.05) is 6.07 Å². The van der Waals surface area contributed by atoms with E-state index in [-0.39, 0.29) is 10.8 Å². The van der Waals surface area contributed by atoms with Crippen molar-refractivity contribution in [2.45, 2.75) is 44.9 Å². The molecule has 1 heterocycles. The SMILES string of the molecule is CCC(NSC(C)(C)C)c1ccnc(Br)n1. The van der Waals surface area contributed by atoms with Gasteiger partial charge in [-0.05, 0) is 49.2 Å². The van der Waals surface area contributed by atoms with Crippen molar-refractivity contribution >= 4 is 27.9 Å². The number of hydrogen-bond acceptors (Lipinski definition) is 4. The maximum Gasteiger partial charge on any atom is 0.196 e. The third-order valence-corrected chi connectivity index (χ3v) is 3.32. The Labute approximate surface area is 110 Å². The zero-order valence-electron chi connectivity index (χ0n) is 10.1. The van der Waals surface area contributed by atoms with Crippen LogP contribution in [0.1, 0.15) is 45.9 Å². The first kappa shape index (κ1) is 13.9. The maximum absolute atomic E-state index is 4.37. The van der Waals surface area contributed by atoms with Gasteiger partial charge in [0.1, 0.15) is 0 Å². The summed E-state index contributed by atoms with van der Waals surface area (Å²) in [6.07, 6.45) is 2.78. The van der Waals surface area contributed by atoms with Crippen molar-refractivity contribution in [3.63, 3.8) is 0 Å². The first-order valence-corrected chi connectivity index (χ1v) is 6.95. The van der Waals surface area contributed by atoms with Crippen LogP contribution in [0.3, 0.4) is 0 Å². The second kappa shape index (κ2) is 5.98. The van der Waals surface area contributed by atoms with Crippen LogP contribution in [-0.4, -0.2) is 14.7 Å². The molecule has 1 N–H and O–H groups in total. The van der Waals surface area contributed by atoms with E-state index >= 15 is 0 Å². The predicted octanol–water partition coefficient (Wildman–Crippen LogP) is 3.73. The summed E-state index contributed by atoms with van der Waals surface area (Å²) in [5.41, 5.74) is 1.03. The molecule has 16 heavy (non-hydrogen) atoms. The lowest BCUT2D eigenvalue weighted by molar-refractivity contribution is 0.620. The predicted molar refractivity (Wildman–Crippen MR) is 73.2 cm³/mol. The molecule has 0 bridgehead atoms. The van der Waals surface area contributed by atoms with Gasteiger partial charge in [0, 0.05) is 10.9 Å². The van der Waals surface area contributed by atoms with E-state index in [4.69, 9.17) is 0 Å². The highest BCUT2D eigenvalue weighted by Gasteiger charge is 2.16. The van der Waals surface area contributed by atoms with Crippen LogP contribution in [0.2, 0.25) is 0 Å². The summed E-state index contributed by atoms with van der Waals surface area (Å²) < 4.78 is 4.31. The quantitative estimate of drug-likeness (QED) is 0.679. The van der Waals surface area contributed by atoms with Crippen LogP contribution in [-0.2, 0) is 0 Å². The van der Waals surface area contributed by atoms with Gasteiger partial charge in [0.15, 0.2) is 4.73 Å². The van der Waals surface area contributed by atoms with Gasteiger partial charge in [-0.3, -0.25) is 4.72 Å². The van der Waals surface area contributed by atoms with Gasteiger partial charge in [0.2, 0.25) is 0 Å². The molecule has 90 valence electrons. The van der Waals surface area contributed by atoms with Crippen molar-refractivity contribution in [3.05, 3.63) is 22.7 Å². The minimum absolute atomic E-state index is 0.206. The summed E-state index contributed by atoms with van der Waals surface area (Å²) in [5.74, 6) is 0. The Kier molecular flexibility index (Phi) is 5.21. The van der Waals surface area contributed by atoms with E-state index in [2.05, 4.69) is 58.3 Å². The van der Waals surface area contributed by atoms with Crippen LogP contribution in [0, 0.1) is 0 Å². The second-order valence-electron chi connectivity index (χ2n) is 4.54. The van der Waals surface area contributed by atoms with E-state index in [1.54, 1.807) is 18.1 Å². The van der Waals surface area contributed by atoms with Gasteiger partial charge >= 0.3 is 0 Å². The summed E-state index contributed by atoms with van der Waals surface area (Å²) in [4.78, 5) is 8.41. The fourth-order valence-corrected chi connectivity index (χ4v) is 2.25. The van der Waals surface area contributed by atoms with Gasteiger partial charge in [-0.2, -0.15) is 0 Å². The molecule has 1 aromatic rings. The van der Waals surface area contributed by atoms with Gasteiger partial charge in [-0.15, -0.1) is 0 Å². The third-order valence-electron chi connectivity index (χ3n) is 1.92. The standard InChI is InChI=1S/C11H18BrN3S/c1-5-8(15-16-11(2,3)4)9-6-7-13-10(12)14-9/h6-8,15H,5H2,1-4H3. The van der Waals surface area contributed by atoms with E-state index in [0.717, 1.165) is 12.1 Å². The monoisotopic (exact) mass is 303 g/mol. The van der Waals surface area contributed by atoms with Crippen molar-refractivity contribution in [1.29, 1.82) is 0 Å². The molecular weight excluding hydrogens is 286 g/mol. The second-order valence-corrected chi connectivity index (χ2v) is 6.92. The van der Waals surface area contributed by atoms with Crippen molar-refractivity contribution in [2.75, 3.05) is 0 Å². The van der Waals surface area contributed by atoms with Crippen LogP contribution in [0.15, 0.2) is 17.0 Å². The Morgan fingerprint density at radius 2 is 2.19 bits per heavy atom. The largest absolute Gasteiger partial charge is 0.255 e. The zero-order valence-corrected chi connectivity index (χ0v) is 12.5. The zero-order chi connectivity index (χ0) is 12.2. The Bertz CT molecular complexity index is 338. The highest BCUT2D eigenvalue weighted by Crippen LogP contribution is 2.25. The summed E-state index contributed by atoms with van der Waals surface area (Å²) >= 11 is 5.03.